The van der Waals surface area contributed by atoms with E-state index in [4.69, 9.17) is 9.47 Å². The third-order valence-corrected chi connectivity index (χ3v) is 5.10. The van der Waals surface area contributed by atoms with Crippen molar-refractivity contribution in [2.75, 3.05) is 6.61 Å². The zero-order valence-corrected chi connectivity index (χ0v) is 17.2. The maximum atomic E-state index is 13.1. The number of hydrogen-bond donors (Lipinski definition) is 1. The molecule has 1 aliphatic rings. The number of benzene rings is 2. The third kappa shape index (κ3) is 6.87. The Hall–Kier alpha value is -2.37. The zero-order valence-electron chi connectivity index (χ0n) is 17.2. The maximum Gasteiger partial charge on any atom is 0.410 e. The van der Waals surface area contributed by atoms with Crippen molar-refractivity contribution < 1.29 is 19.4 Å². The predicted molar refractivity (Wildman–Crippen MR) is 112 cm³/mol. The highest BCUT2D eigenvalue weighted by molar-refractivity contribution is 5.68. The average Bonchev–Trinajstić information content (AvgIpc) is 3.54. The second kappa shape index (κ2) is 10.4. The molecule has 1 amide bonds. The topological polar surface area (TPSA) is 62.3 Å². The first-order chi connectivity index (χ1) is 14.0. The molecule has 5 nitrogen and oxygen atoms in total. The molecule has 0 radical (unpaired) electrons. The van der Waals surface area contributed by atoms with Crippen LogP contribution in [0.3, 0.4) is 0 Å². The fourth-order valence-electron chi connectivity index (χ4n) is 3.51. The minimum Gasteiger partial charge on any atom is -0.445 e. The van der Waals surface area contributed by atoms with E-state index in [1.165, 1.54) is 0 Å². The number of aliphatic hydroxyl groups excluding tert-OH is 1. The van der Waals surface area contributed by atoms with E-state index in [0.717, 1.165) is 11.1 Å². The van der Waals surface area contributed by atoms with Gasteiger partial charge in [-0.15, -0.1) is 0 Å². The van der Waals surface area contributed by atoms with Crippen LogP contribution >= 0.6 is 0 Å². The van der Waals surface area contributed by atoms with Crippen LogP contribution < -0.4 is 0 Å². The van der Waals surface area contributed by atoms with Gasteiger partial charge in [-0.3, -0.25) is 4.90 Å². The highest BCUT2D eigenvalue weighted by atomic mass is 16.6. The van der Waals surface area contributed by atoms with Crippen LogP contribution in [-0.2, 0) is 22.6 Å². The Morgan fingerprint density at radius 3 is 2.24 bits per heavy atom. The van der Waals surface area contributed by atoms with E-state index < -0.39 is 12.2 Å². The Morgan fingerprint density at radius 1 is 1.10 bits per heavy atom. The van der Waals surface area contributed by atoms with Crippen molar-refractivity contribution in [2.24, 2.45) is 5.92 Å². The molecule has 3 rings (SSSR count). The number of epoxide rings is 1. The van der Waals surface area contributed by atoms with Crippen molar-refractivity contribution in [3.05, 3.63) is 71.8 Å². The highest BCUT2D eigenvalue weighted by Crippen LogP contribution is 2.25. The van der Waals surface area contributed by atoms with Crippen LogP contribution in [0.5, 0.6) is 0 Å². The fourth-order valence-corrected chi connectivity index (χ4v) is 3.51. The molecule has 0 bridgehead atoms. The van der Waals surface area contributed by atoms with E-state index in [1.807, 2.05) is 60.7 Å². The lowest BCUT2D eigenvalue weighted by atomic mass is 9.94. The summed E-state index contributed by atoms with van der Waals surface area (Å²) in [5, 5.41) is 10.9. The summed E-state index contributed by atoms with van der Waals surface area (Å²) in [6.07, 6.45) is 0.270. The summed E-state index contributed by atoms with van der Waals surface area (Å²) in [5.41, 5.74) is 1.95. The largest absolute Gasteiger partial charge is 0.445 e. The van der Waals surface area contributed by atoms with Crippen LogP contribution in [0.4, 0.5) is 4.79 Å². The molecule has 1 unspecified atom stereocenters. The van der Waals surface area contributed by atoms with E-state index in [2.05, 4.69) is 13.8 Å². The van der Waals surface area contributed by atoms with Crippen molar-refractivity contribution in [1.82, 2.24) is 4.90 Å². The standard InChI is InChI=1S/C24H31NO4/c1-18(2)13-22(23(26)14-21-17-28-21)25(15-19-9-5-3-6-10-19)24(27)29-16-20-11-7-4-8-12-20/h3-12,18,21-23,26H,13-17H2,1-2H3/t21?,22-,23+/m1/s1. The van der Waals surface area contributed by atoms with Gasteiger partial charge in [-0.05, 0) is 23.5 Å². The van der Waals surface area contributed by atoms with Gasteiger partial charge in [-0.2, -0.15) is 0 Å². The van der Waals surface area contributed by atoms with Crippen molar-refractivity contribution in [3.63, 3.8) is 0 Å². The van der Waals surface area contributed by atoms with E-state index >= 15 is 0 Å². The first-order valence-corrected chi connectivity index (χ1v) is 10.3. The number of nitrogens with zero attached hydrogens (tertiary/aromatic N) is 1. The molecule has 0 saturated carbocycles. The van der Waals surface area contributed by atoms with Crippen molar-refractivity contribution in [3.8, 4) is 0 Å². The monoisotopic (exact) mass is 397 g/mol. The Labute approximate surface area is 173 Å². The number of amides is 1. The van der Waals surface area contributed by atoms with Crippen LogP contribution in [0.2, 0.25) is 0 Å². The smallest absolute Gasteiger partial charge is 0.410 e. The predicted octanol–water partition coefficient (Wildman–Crippen LogP) is 4.39. The summed E-state index contributed by atoms with van der Waals surface area (Å²) in [7, 11) is 0. The van der Waals surface area contributed by atoms with Gasteiger partial charge in [0.05, 0.1) is 24.9 Å². The van der Waals surface area contributed by atoms with Gasteiger partial charge in [0.15, 0.2) is 0 Å². The lowest BCUT2D eigenvalue weighted by molar-refractivity contribution is 0.0130. The first kappa shape index (κ1) is 21.3. The summed E-state index contributed by atoms with van der Waals surface area (Å²) >= 11 is 0. The molecule has 29 heavy (non-hydrogen) atoms. The molecule has 5 heteroatoms. The Morgan fingerprint density at radius 2 is 1.69 bits per heavy atom. The maximum absolute atomic E-state index is 13.1. The van der Waals surface area contributed by atoms with Crippen LogP contribution in [-0.4, -0.2) is 41.0 Å². The fraction of sp³-hybridized carbons (Fsp3) is 0.458. The zero-order chi connectivity index (χ0) is 20.6. The number of rotatable bonds is 10. The van der Waals surface area contributed by atoms with Gasteiger partial charge in [-0.25, -0.2) is 4.79 Å². The van der Waals surface area contributed by atoms with Crippen LogP contribution in [0, 0.1) is 5.92 Å². The third-order valence-electron chi connectivity index (χ3n) is 5.10. The minimum absolute atomic E-state index is 0.0959. The van der Waals surface area contributed by atoms with Crippen molar-refractivity contribution in [2.45, 2.75) is 58.1 Å². The van der Waals surface area contributed by atoms with Gasteiger partial charge in [0.2, 0.25) is 0 Å². The highest BCUT2D eigenvalue weighted by Gasteiger charge is 2.36. The molecule has 2 aromatic carbocycles. The Bertz CT molecular complexity index is 746. The molecule has 1 aliphatic heterocycles. The van der Waals surface area contributed by atoms with Crippen molar-refractivity contribution >= 4 is 6.09 Å². The van der Waals surface area contributed by atoms with Crippen molar-refractivity contribution in [1.29, 1.82) is 0 Å². The van der Waals surface area contributed by atoms with E-state index in [0.29, 0.717) is 31.9 Å². The molecule has 0 spiro atoms. The molecule has 1 saturated heterocycles. The molecule has 1 heterocycles. The normalized spacial score (nSPS) is 17.6. The van der Waals surface area contributed by atoms with E-state index in [1.54, 1.807) is 4.90 Å². The second-order valence-electron chi connectivity index (χ2n) is 8.11. The van der Waals surface area contributed by atoms with Gasteiger partial charge in [-0.1, -0.05) is 74.5 Å². The summed E-state index contributed by atoms with van der Waals surface area (Å²) in [4.78, 5) is 14.8. The lowest BCUT2D eigenvalue weighted by Crippen LogP contribution is -2.48. The summed E-state index contributed by atoms with van der Waals surface area (Å²) in [6.45, 7) is 5.49. The molecule has 2 aromatic rings. The molecular formula is C24H31NO4. The quantitative estimate of drug-likeness (QED) is 0.604. The van der Waals surface area contributed by atoms with Gasteiger partial charge in [0.25, 0.3) is 0 Å². The van der Waals surface area contributed by atoms with Gasteiger partial charge in [0, 0.05) is 13.0 Å². The Balaban J connectivity index is 1.77. The molecule has 1 fully saturated rings. The van der Waals surface area contributed by atoms with Crippen LogP contribution in [0.25, 0.3) is 0 Å². The molecule has 0 aliphatic carbocycles. The molecule has 1 N–H and O–H groups in total. The minimum atomic E-state index is -0.655. The van der Waals surface area contributed by atoms with Crippen LogP contribution in [0.1, 0.15) is 37.8 Å². The van der Waals surface area contributed by atoms with Gasteiger partial charge >= 0.3 is 6.09 Å². The summed E-state index contributed by atoms with van der Waals surface area (Å²) in [6, 6.07) is 19.1. The Kier molecular flexibility index (Phi) is 7.67. The lowest BCUT2D eigenvalue weighted by Gasteiger charge is -2.35. The van der Waals surface area contributed by atoms with E-state index in [9.17, 15) is 9.90 Å². The molecular weight excluding hydrogens is 366 g/mol. The number of carbonyl (C=O) groups excluding carboxylic acids is 1. The number of ether oxygens (including phenoxy) is 2. The van der Waals surface area contributed by atoms with Gasteiger partial charge < -0.3 is 14.6 Å². The van der Waals surface area contributed by atoms with Crippen LogP contribution in [0.15, 0.2) is 60.7 Å². The number of carbonyl (C=O) groups is 1. The SMILES string of the molecule is CC(C)C[C@H]([C@@H](O)CC1CO1)N(Cc1ccccc1)C(=O)OCc1ccccc1. The number of hydrogen-bond acceptors (Lipinski definition) is 4. The summed E-state index contributed by atoms with van der Waals surface area (Å²) in [5.74, 6) is 0.329. The van der Waals surface area contributed by atoms with Gasteiger partial charge in [0.1, 0.15) is 6.61 Å². The summed E-state index contributed by atoms with van der Waals surface area (Å²) < 4.78 is 10.9. The average molecular weight is 398 g/mol. The molecule has 0 aromatic heterocycles. The second-order valence-corrected chi connectivity index (χ2v) is 8.11. The molecule has 156 valence electrons. The molecule has 3 atom stereocenters. The first-order valence-electron chi connectivity index (χ1n) is 10.3. The number of aliphatic hydroxyl groups is 1. The van der Waals surface area contributed by atoms with E-state index in [-0.39, 0.29) is 18.8 Å².